The summed E-state index contributed by atoms with van der Waals surface area (Å²) in [6.45, 7) is 2.09. The SMILES string of the molecule is CC(=O)N(CCN)c1ccc(Cl)c(F)c1. The lowest BCUT2D eigenvalue weighted by atomic mass is 10.2. The molecule has 1 aromatic carbocycles. The molecule has 0 atom stereocenters. The van der Waals surface area contributed by atoms with Crippen LogP contribution in [0.15, 0.2) is 18.2 Å². The van der Waals surface area contributed by atoms with Crippen LogP contribution in [0.2, 0.25) is 5.02 Å². The molecule has 0 radical (unpaired) electrons. The van der Waals surface area contributed by atoms with Crippen LogP contribution in [0.3, 0.4) is 0 Å². The van der Waals surface area contributed by atoms with Gasteiger partial charge in [-0.05, 0) is 18.2 Å². The molecule has 0 aliphatic rings. The molecule has 82 valence electrons. The van der Waals surface area contributed by atoms with Gasteiger partial charge in [-0.15, -0.1) is 0 Å². The molecule has 1 amide bonds. The van der Waals surface area contributed by atoms with Gasteiger partial charge in [0, 0.05) is 25.7 Å². The molecule has 0 saturated carbocycles. The summed E-state index contributed by atoms with van der Waals surface area (Å²) in [4.78, 5) is 12.6. The summed E-state index contributed by atoms with van der Waals surface area (Å²) in [6, 6.07) is 4.22. The molecule has 0 spiro atoms. The number of hydrogen-bond acceptors (Lipinski definition) is 2. The maximum atomic E-state index is 13.1. The molecule has 0 unspecified atom stereocenters. The standard InChI is InChI=1S/C10H12ClFN2O/c1-7(15)14(5-4-13)8-2-3-9(11)10(12)6-8/h2-3,6H,4-5,13H2,1H3. The van der Waals surface area contributed by atoms with Crippen LogP contribution in [0.1, 0.15) is 6.92 Å². The van der Waals surface area contributed by atoms with E-state index in [1.807, 2.05) is 0 Å². The second-order valence-corrected chi connectivity index (χ2v) is 3.46. The van der Waals surface area contributed by atoms with Crippen molar-refractivity contribution in [1.82, 2.24) is 0 Å². The summed E-state index contributed by atoms with van der Waals surface area (Å²) in [5, 5.41) is 0.0370. The fourth-order valence-electron chi connectivity index (χ4n) is 1.25. The Hall–Kier alpha value is -1.13. The van der Waals surface area contributed by atoms with E-state index in [0.717, 1.165) is 0 Å². The van der Waals surface area contributed by atoms with Gasteiger partial charge in [0.2, 0.25) is 5.91 Å². The van der Waals surface area contributed by atoms with Gasteiger partial charge in [0.1, 0.15) is 5.82 Å². The minimum Gasteiger partial charge on any atom is -0.329 e. The summed E-state index contributed by atoms with van der Waals surface area (Å²) >= 11 is 5.54. The maximum Gasteiger partial charge on any atom is 0.223 e. The minimum atomic E-state index is -0.544. The Bertz CT molecular complexity index is 370. The Labute approximate surface area is 92.6 Å². The van der Waals surface area contributed by atoms with Crippen molar-refractivity contribution in [2.24, 2.45) is 5.73 Å². The minimum absolute atomic E-state index is 0.0370. The van der Waals surface area contributed by atoms with E-state index in [4.69, 9.17) is 17.3 Å². The molecule has 0 saturated heterocycles. The molecule has 1 rings (SSSR count). The molecular formula is C10H12ClFN2O. The molecule has 15 heavy (non-hydrogen) atoms. The van der Waals surface area contributed by atoms with Crippen molar-refractivity contribution in [2.45, 2.75) is 6.92 Å². The van der Waals surface area contributed by atoms with Gasteiger partial charge < -0.3 is 10.6 Å². The third-order valence-electron chi connectivity index (χ3n) is 1.95. The number of halogens is 2. The van der Waals surface area contributed by atoms with Crippen LogP contribution in [-0.2, 0) is 4.79 Å². The smallest absolute Gasteiger partial charge is 0.223 e. The molecule has 0 bridgehead atoms. The topological polar surface area (TPSA) is 46.3 Å². The van der Waals surface area contributed by atoms with Crippen LogP contribution in [0, 0.1) is 5.82 Å². The van der Waals surface area contributed by atoms with Crippen LogP contribution in [0.4, 0.5) is 10.1 Å². The lowest BCUT2D eigenvalue weighted by Gasteiger charge is -2.20. The number of benzene rings is 1. The molecule has 0 fully saturated rings. The summed E-state index contributed by atoms with van der Waals surface area (Å²) in [5.74, 6) is -0.723. The van der Waals surface area contributed by atoms with Crippen LogP contribution in [-0.4, -0.2) is 19.0 Å². The van der Waals surface area contributed by atoms with Gasteiger partial charge >= 0.3 is 0 Å². The second kappa shape index (κ2) is 5.09. The van der Waals surface area contributed by atoms with Crippen LogP contribution >= 0.6 is 11.6 Å². The Morgan fingerprint density at radius 1 is 1.60 bits per heavy atom. The number of nitrogens with two attached hydrogens (primary N) is 1. The summed E-state index contributed by atoms with van der Waals surface area (Å²) in [7, 11) is 0. The van der Waals surface area contributed by atoms with Crippen molar-refractivity contribution < 1.29 is 9.18 Å². The zero-order valence-electron chi connectivity index (χ0n) is 8.34. The fourth-order valence-corrected chi connectivity index (χ4v) is 1.37. The molecule has 5 heteroatoms. The van der Waals surface area contributed by atoms with E-state index in [9.17, 15) is 9.18 Å². The van der Waals surface area contributed by atoms with E-state index in [0.29, 0.717) is 18.8 Å². The Kier molecular flexibility index (Phi) is 4.05. The summed E-state index contributed by atoms with van der Waals surface area (Å²) in [6.07, 6.45) is 0. The van der Waals surface area contributed by atoms with E-state index in [1.54, 1.807) is 6.07 Å². The highest BCUT2D eigenvalue weighted by Crippen LogP contribution is 2.21. The first kappa shape index (κ1) is 11.9. The van der Waals surface area contributed by atoms with Crippen molar-refractivity contribution in [3.05, 3.63) is 29.0 Å². The van der Waals surface area contributed by atoms with Crippen molar-refractivity contribution in [1.29, 1.82) is 0 Å². The average molecular weight is 231 g/mol. The molecule has 2 N–H and O–H groups in total. The van der Waals surface area contributed by atoms with E-state index in [-0.39, 0.29) is 10.9 Å². The van der Waals surface area contributed by atoms with Gasteiger partial charge in [-0.1, -0.05) is 11.6 Å². The number of carbonyl (C=O) groups excluding carboxylic acids is 1. The Morgan fingerprint density at radius 3 is 2.73 bits per heavy atom. The second-order valence-electron chi connectivity index (χ2n) is 3.06. The third kappa shape index (κ3) is 2.91. The molecular weight excluding hydrogens is 219 g/mol. The molecule has 0 aromatic heterocycles. The van der Waals surface area contributed by atoms with Crippen LogP contribution in [0.25, 0.3) is 0 Å². The number of carbonyl (C=O) groups is 1. The predicted octanol–water partition coefficient (Wildman–Crippen LogP) is 1.79. The van der Waals surface area contributed by atoms with Gasteiger partial charge in [-0.25, -0.2) is 4.39 Å². The van der Waals surface area contributed by atoms with E-state index in [2.05, 4.69) is 0 Å². The number of anilines is 1. The summed E-state index contributed by atoms with van der Waals surface area (Å²) in [5.41, 5.74) is 5.83. The molecule has 0 aliphatic carbocycles. The molecule has 0 heterocycles. The third-order valence-corrected chi connectivity index (χ3v) is 2.25. The monoisotopic (exact) mass is 230 g/mol. The first-order valence-electron chi connectivity index (χ1n) is 4.49. The van der Waals surface area contributed by atoms with Gasteiger partial charge in [0.05, 0.1) is 5.02 Å². The maximum absolute atomic E-state index is 13.1. The van der Waals surface area contributed by atoms with Crippen molar-refractivity contribution >= 4 is 23.2 Å². The quantitative estimate of drug-likeness (QED) is 0.861. The normalized spacial score (nSPS) is 10.1. The van der Waals surface area contributed by atoms with Crippen molar-refractivity contribution in [2.75, 3.05) is 18.0 Å². The fraction of sp³-hybridized carbons (Fsp3) is 0.300. The highest BCUT2D eigenvalue weighted by Gasteiger charge is 2.11. The van der Waals surface area contributed by atoms with Crippen LogP contribution < -0.4 is 10.6 Å². The number of amides is 1. The zero-order valence-corrected chi connectivity index (χ0v) is 9.09. The zero-order chi connectivity index (χ0) is 11.4. The predicted molar refractivity (Wildman–Crippen MR) is 58.5 cm³/mol. The Morgan fingerprint density at radius 2 is 2.27 bits per heavy atom. The van der Waals surface area contributed by atoms with E-state index < -0.39 is 5.82 Å². The van der Waals surface area contributed by atoms with E-state index in [1.165, 1.54) is 24.0 Å². The van der Waals surface area contributed by atoms with Crippen molar-refractivity contribution in [3.8, 4) is 0 Å². The largest absolute Gasteiger partial charge is 0.329 e. The van der Waals surface area contributed by atoms with Crippen LogP contribution in [0.5, 0.6) is 0 Å². The number of rotatable bonds is 3. The first-order valence-corrected chi connectivity index (χ1v) is 4.87. The lowest BCUT2D eigenvalue weighted by molar-refractivity contribution is -0.116. The Balaban J connectivity index is 3.01. The lowest BCUT2D eigenvalue weighted by Crippen LogP contribution is -2.33. The highest BCUT2D eigenvalue weighted by molar-refractivity contribution is 6.30. The average Bonchev–Trinajstić information content (AvgIpc) is 2.18. The van der Waals surface area contributed by atoms with E-state index >= 15 is 0 Å². The number of hydrogen-bond donors (Lipinski definition) is 1. The van der Waals surface area contributed by atoms with Gasteiger partial charge in [0.25, 0.3) is 0 Å². The van der Waals surface area contributed by atoms with Gasteiger partial charge in [-0.3, -0.25) is 4.79 Å². The highest BCUT2D eigenvalue weighted by atomic mass is 35.5. The molecule has 0 aliphatic heterocycles. The van der Waals surface area contributed by atoms with Crippen molar-refractivity contribution in [3.63, 3.8) is 0 Å². The van der Waals surface area contributed by atoms with Gasteiger partial charge in [-0.2, -0.15) is 0 Å². The summed E-state index contributed by atoms with van der Waals surface area (Å²) < 4.78 is 13.1. The first-order chi connectivity index (χ1) is 7.06. The number of nitrogens with zero attached hydrogens (tertiary/aromatic N) is 1. The molecule has 1 aromatic rings. The van der Waals surface area contributed by atoms with Gasteiger partial charge in [0.15, 0.2) is 0 Å². The molecule has 3 nitrogen and oxygen atoms in total.